The van der Waals surface area contributed by atoms with E-state index in [0.717, 1.165) is 6.42 Å². The number of rotatable bonds is 5. The molecule has 0 radical (unpaired) electrons. The molecule has 1 aliphatic heterocycles. The highest BCUT2D eigenvalue weighted by atomic mass is 32.2. The Hall–Kier alpha value is -2.29. The van der Waals surface area contributed by atoms with Crippen molar-refractivity contribution >= 4 is 15.7 Å². The standard InChI is InChI=1S/C16H17N3O4S/c20-19(21)15-5-7-16(8-6-15)24(22,23)18-11-14-9-12-3-1-2-4-13(12)10-17-14/h1-8,14,17-18H,9-11H2. The summed E-state index contributed by atoms with van der Waals surface area (Å²) < 4.78 is 27.1. The first-order chi connectivity index (χ1) is 11.5. The summed E-state index contributed by atoms with van der Waals surface area (Å²) in [4.78, 5) is 10.1. The zero-order chi connectivity index (χ0) is 17.2. The van der Waals surface area contributed by atoms with Gasteiger partial charge in [0.15, 0.2) is 0 Å². The second kappa shape index (κ2) is 6.68. The van der Waals surface area contributed by atoms with Gasteiger partial charge in [-0.15, -0.1) is 0 Å². The molecule has 0 saturated heterocycles. The first-order valence-electron chi connectivity index (χ1n) is 7.50. The lowest BCUT2D eigenvalue weighted by Crippen LogP contribution is -2.44. The molecule has 7 nitrogen and oxygen atoms in total. The summed E-state index contributed by atoms with van der Waals surface area (Å²) in [5.41, 5.74) is 2.31. The van der Waals surface area contributed by atoms with Gasteiger partial charge in [0.2, 0.25) is 10.0 Å². The van der Waals surface area contributed by atoms with Crippen molar-refractivity contribution in [3.05, 3.63) is 69.8 Å². The van der Waals surface area contributed by atoms with Gasteiger partial charge >= 0.3 is 0 Å². The fraction of sp³-hybridized carbons (Fsp3) is 0.250. The highest BCUT2D eigenvalue weighted by molar-refractivity contribution is 7.89. The summed E-state index contributed by atoms with van der Waals surface area (Å²) in [6.07, 6.45) is 0.749. The minimum absolute atomic E-state index is 0.00715. The molecule has 1 atom stereocenters. The van der Waals surface area contributed by atoms with Crippen molar-refractivity contribution in [3.63, 3.8) is 0 Å². The summed E-state index contributed by atoms with van der Waals surface area (Å²) in [6.45, 7) is 0.966. The monoisotopic (exact) mass is 347 g/mol. The molecule has 2 aromatic rings. The van der Waals surface area contributed by atoms with Crippen LogP contribution in [0.2, 0.25) is 0 Å². The van der Waals surface area contributed by atoms with Crippen molar-refractivity contribution in [1.82, 2.24) is 10.0 Å². The van der Waals surface area contributed by atoms with Gasteiger partial charge in [0, 0.05) is 31.3 Å². The lowest BCUT2D eigenvalue weighted by Gasteiger charge is -2.26. The molecule has 0 amide bonds. The predicted molar refractivity (Wildman–Crippen MR) is 89.1 cm³/mol. The third-order valence-corrected chi connectivity index (χ3v) is 5.48. The van der Waals surface area contributed by atoms with Crippen LogP contribution < -0.4 is 10.0 Å². The lowest BCUT2D eigenvalue weighted by molar-refractivity contribution is -0.384. The van der Waals surface area contributed by atoms with Crippen LogP contribution in [-0.2, 0) is 23.0 Å². The molecule has 0 fully saturated rings. The van der Waals surface area contributed by atoms with E-state index in [1.165, 1.54) is 35.4 Å². The van der Waals surface area contributed by atoms with Gasteiger partial charge in [-0.2, -0.15) is 0 Å². The number of nitrogens with zero attached hydrogens (tertiary/aromatic N) is 1. The molecule has 0 aliphatic carbocycles. The maximum absolute atomic E-state index is 12.3. The molecule has 0 aromatic heterocycles. The summed E-state index contributed by atoms with van der Waals surface area (Å²) >= 11 is 0. The first-order valence-corrected chi connectivity index (χ1v) is 8.98. The van der Waals surface area contributed by atoms with Crippen molar-refractivity contribution in [2.75, 3.05) is 6.54 Å². The minimum Gasteiger partial charge on any atom is -0.308 e. The number of hydrogen-bond donors (Lipinski definition) is 2. The summed E-state index contributed by atoms with van der Waals surface area (Å²) in [6, 6.07) is 12.9. The summed E-state index contributed by atoms with van der Waals surface area (Å²) in [5.74, 6) is 0. The minimum atomic E-state index is -3.69. The molecular weight excluding hydrogens is 330 g/mol. The average Bonchev–Trinajstić information content (AvgIpc) is 2.60. The van der Waals surface area contributed by atoms with E-state index in [-0.39, 0.29) is 23.2 Å². The predicted octanol–water partition coefficient (Wildman–Crippen LogP) is 1.59. The zero-order valence-electron chi connectivity index (χ0n) is 12.8. The van der Waals surface area contributed by atoms with E-state index in [1.807, 2.05) is 18.2 Å². The first kappa shape index (κ1) is 16.6. The van der Waals surface area contributed by atoms with E-state index < -0.39 is 14.9 Å². The van der Waals surface area contributed by atoms with E-state index >= 15 is 0 Å². The lowest BCUT2D eigenvalue weighted by atomic mass is 9.96. The van der Waals surface area contributed by atoms with E-state index in [2.05, 4.69) is 16.1 Å². The molecule has 24 heavy (non-hydrogen) atoms. The number of nitrogens with one attached hydrogen (secondary N) is 2. The fourth-order valence-corrected chi connectivity index (χ4v) is 3.79. The van der Waals surface area contributed by atoms with Crippen LogP contribution in [0.5, 0.6) is 0 Å². The van der Waals surface area contributed by atoms with Gasteiger partial charge in [-0.25, -0.2) is 13.1 Å². The Bertz CT molecular complexity index is 850. The van der Waals surface area contributed by atoms with Gasteiger partial charge in [0.25, 0.3) is 5.69 Å². The Kier molecular flexibility index (Phi) is 4.61. The third kappa shape index (κ3) is 3.61. The second-order valence-electron chi connectivity index (χ2n) is 5.65. The summed E-state index contributed by atoms with van der Waals surface area (Å²) in [7, 11) is -3.69. The van der Waals surface area contributed by atoms with Crippen molar-refractivity contribution in [2.45, 2.75) is 23.9 Å². The van der Waals surface area contributed by atoms with Crippen LogP contribution in [-0.4, -0.2) is 25.9 Å². The molecule has 0 bridgehead atoms. The number of hydrogen-bond acceptors (Lipinski definition) is 5. The number of benzene rings is 2. The highest BCUT2D eigenvalue weighted by Gasteiger charge is 2.21. The number of nitro groups is 1. The van der Waals surface area contributed by atoms with Crippen molar-refractivity contribution in [2.24, 2.45) is 0 Å². The Morgan fingerprint density at radius 2 is 1.79 bits per heavy atom. The van der Waals surface area contributed by atoms with Crippen LogP contribution in [0.25, 0.3) is 0 Å². The second-order valence-corrected chi connectivity index (χ2v) is 7.42. The summed E-state index contributed by atoms with van der Waals surface area (Å²) in [5, 5.41) is 13.9. The number of non-ortho nitro benzene ring substituents is 1. The van der Waals surface area contributed by atoms with Crippen LogP contribution in [0.4, 0.5) is 5.69 Å². The quantitative estimate of drug-likeness (QED) is 0.632. The number of sulfonamides is 1. The van der Waals surface area contributed by atoms with Crippen molar-refractivity contribution in [3.8, 4) is 0 Å². The maximum Gasteiger partial charge on any atom is 0.269 e. The molecule has 2 aromatic carbocycles. The van der Waals surface area contributed by atoms with Crippen LogP contribution >= 0.6 is 0 Å². The smallest absolute Gasteiger partial charge is 0.269 e. The largest absolute Gasteiger partial charge is 0.308 e. The SMILES string of the molecule is O=[N+]([O-])c1ccc(S(=O)(=O)NCC2Cc3ccccc3CN2)cc1. The van der Waals surface area contributed by atoms with Crippen LogP contribution in [0.3, 0.4) is 0 Å². The van der Waals surface area contributed by atoms with Crippen molar-refractivity contribution < 1.29 is 13.3 Å². The molecule has 1 aliphatic rings. The third-order valence-electron chi connectivity index (χ3n) is 4.04. The van der Waals surface area contributed by atoms with Crippen LogP contribution in [0.1, 0.15) is 11.1 Å². The Morgan fingerprint density at radius 1 is 1.12 bits per heavy atom. The number of fused-ring (bicyclic) bond motifs is 1. The normalized spacial score (nSPS) is 17.2. The fourth-order valence-electron chi connectivity index (χ4n) is 2.71. The molecule has 8 heteroatoms. The Morgan fingerprint density at radius 3 is 2.46 bits per heavy atom. The maximum atomic E-state index is 12.3. The average molecular weight is 347 g/mol. The van der Waals surface area contributed by atoms with E-state index in [4.69, 9.17) is 0 Å². The molecule has 3 rings (SSSR count). The Labute approximate surface area is 139 Å². The topological polar surface area (TPSA) is 101 Å². The highest BCUT2D eigenvalue weighted by Crippen LogP contribution is 2.18. The van der Waals surface area contributed by atoms with Crippen molar-refractivity contribution in [1.29, 1.82) is 0 Å². The number of nitro benzene ring substituents is 1. The molecule has 1 heterocycles. The molecular formula is C16H17N3O4S. The van der Waals surface area contributed by atoms with E-state index in [0.29, 0.717) is 6.54 Å². The van der Waals surface area contributed by atoms with E-state index in [9.17, 15) is 18.5 Å². The molecule has 1 unspecified atom stereocenters. The molecule has 0 saturated carbocycles. The van der Waals surface area contributed by atoms with Crippen LogP contribution in [0, 0.1) is 10.1 Å². The van der Waals surface area contributed by atoms with Gasteiger partial charge in [-0.05, 0) is 29.7 Å². The molecule has 126 valence electrons. The zero-order valence-corrected chi connectivity index (χ0v) is 13.6. The van der Waals surface area contributed by atoms with Gasteiger partial charge in [0.05, 0.1) is 9.82 Å². The molecule has 0 spiro atoms. The van der Waals surface area contributed by atoms with Gasteiger partial charge in [-0.3, -0.25) is 10.1 Å². The van der Waals surface area contributed by atoms with Gasteiger partial charge < -0.3 is 5.32 Å². The molecule has 2 N–H and O–H groups in total. The van der Waals surface area contributed by atoms with Gasteiger partial charge in [-0.1, -0.05) is 24.3 Å². The van der Waals surface area contributed by atoms with Gasteiger partial charge in [0.1, 0.15) is 0 Å². The van der Waals surface area contributed by atoms with E-state index in [1.54, 1.807) is 0 Å². The van der Waals surface area contributed by atoms with Crippen LogP contribution in [0.15, 0.2) is 53.4 Å². The Balaban J connectivity index is 1.64.